The molecule has 0 radical (unpaired) electrons. The first-order chi connectivity index (χ1) is 9.04. The van der Waals surface area contributed by atoms with Crippen LogP contribution in [0, 0.1) is 10.1 Å². The molecule has 4 heteroatoms. The summed E-state index contributed by atoms with van der Waals surface area (Å²) in [5.74, 6) is 0. The predicted octanol–water partition coefficient (Wildman–Crippen LogP) is 3.92. The molecule has 1 fully saturated rings. The van der Waals surface area contributed by atoms with Crippen molar-refractivity contribution in [2.75, 3.05) is 4.90 Å². The average Bonchev–Trinajstić information content (AvgIpc) is 2.38. The Kier molecular flexibility index (Phi) is 4.08. The Balaban J connectivity index is 2.40. The summed E-state index contributed by atoms with van der Waals surface area (Å²) in [4.78, 5) is 13.0. The summed E-state index contributed by atoms with van der Waals surface area (Å²) in [6.07, 6.45) is 4.50. The molecule has 104 valence electrons. The number of nitro benzene ring substituents is 1. The van der Waals surface area contributed by atoms with Gasteiger partial charge in [0.25, 0.3) is 5.69 Å². The molecule has 0 saturated carbocycles. The van der Waals surface area contributed by atoms with Gasteiger partial charge in [-0.3, -0.25) is 10.1 Å². The van der Waals surface area contributed by atoms with E-state index in [2.05, 4.69) is 25.7 Å². The molecule has 19 heavy (non-hydrogen) atoms. The molecule has 1 aliphatic heterocycles. The van der Waals surface area contributed by atoms with Gasteiger partial charge in [0, 0.05) is 29.9 Å². The molecule has 0 aromatic heterocycles. The average molecular weight is 262 g/mol. The van der Waals surface area contributed by atoms with Crippen LogP contribution in [0.3, 0.4) is 0 Å². The summed E-state index contributed by atoms with van der Waals surface area (Å²) in [6, 6.07) is 6.30. The standard InChI is InChI=1S/C15H22N2O2/c1-4-13-10-14(17(18)19)8-9-15(13)16-11(2)6-5-7-12(16)3/h8-12H,4-7H2,1-3H3. The van der Waals surface area contributed by atoms with E-state index in [4.69, 9.17) is 0 Å². The van der Waals surface area contributed by atoms with Crippen molar-refractivity contribution in [1.82, 2.24) is 0 Å². The highest BCUT2D eigenvalue weighted by Crippen LogP contribution is 2.33. The Bertz CT molecular complexity index is 463. The first kappa shape index (κ1) is 13.8. The van der Waals surface area contributed by atoms with E-state index in [1.807, 2.05) is 6.07 Å². The van der Waals surface area contributed by atoms with Crippen LogP contribution in [0.5, 0.6) is 0 Å². The van der Waals surface area contributed by atoms with E-state index in [0.29, 0.717) is 12.1 Å². The predicted molar refractivity (Wildman–Crippen MR) is 77.7 cm³/mol. The summed E-state index contributed by atoms with van der Waals surface area (Å²) in [5.41, 5.74) is 2.44. The van der Waals surface area contributed by atoms with Crippen LogP contribution in [-0.4, -0.2) is 17.0 Å². The third-order valence-corrected chi connectivity index (χ3v) is 4.13. The molecule has 4 nitrogen and oxygen atoms in total. The molecule has 2 atom stereocenters. The molecule has 1 aromatic rings. The minimum atomic E-state index is -0.313. The number of hydrogen-bond acceptors (Lipinski definition) is 3. The molecule has 2 unspecified atom stereocenters. The van der Waals surface area contributed by atoms with Crippen molar-refractivity contribution in [1.29, 1.82) is 0 Å². The van der Waals surface area contributed by atoms with Crippen molar-refractivity contribution in [3.63, 3.8) is 0 Å². The van der Waals surface area contributed by atoms with Crippen molar-refractivity contribution < 1.29 is 4.92 Å². The Morgan fingerprint density at radius 1 is 1.32 bits per heavy atom. The van der Waals surface area contributed by atoms with Crippen molar-refractivity contribution in [3.8, 4) is 0 Å². The molecular weight excluding hydrogens is 240 g/mol. The smallest absolute Gasteiger partial charge is 0.269 e. The van der Waals surface area contributed by atoms with Crippen molar-refractivity contribution in [2.24, 2.45) is 0 Å². The van der Waals surface area contributed by atoms with E-state index in [0.717, 1.165) is 12.0 Å². The quantitative estimate of drug-likeness (QED) is 0.612. The van der Waals surface area contributed by atoms with E-state index in [-0.39, 0.29) is 10.6 Å². The van der Waals surface area contributed by atoms with Gasteiger partial charge in [0.15, 0.2) is 0 Å². The molecule has 2 rings (SSSR count). The Morgan fingerprint density at radius 2 is 1.95 bits per heavy atom. The topological polar surface area (TPSA) is 46.4 Å². The summed E-state index contributed by atoms with van der Waals surface area (Å²) < 4.78 is 0. The first-order valence-corrected chi connectivity index (χ1v) is 7.10. The van der Waals surface area contributed by atoms with Gasteiger partial charge in [0.2, 0.25) is 0 Å². The van der Waals surface area contributed by atoms with Crippen molar-refractivity contribution in [3.05, 3.63) is 33.9 Å². The number of nitrogens with zero attached hydrogens (tertiary/aromatic N) is 2. The molecule has 1 saturated heterocycles. The van der Waals surface area contributed by atoms with Crippen LogP contribution in [0.1, 0.15) is 45.6 Å². The molecule has 0 N–H and O–H groups in total. The number of benzene rings is 1. The number of rotatable bonds is 3. The summed E-state index contributed by atoms with van der Waals surface area (Å²) in [7, 11) is 0. The number of hydrogen-bond donors (Lipinski definition) is 0. The Hall–Kier alpha value is -1.58. The minimum Gasteiger partial charge on any atom is -0.366 e. The number of piperidine rings is 1. The van der Waals surface area contributed by atoms with Crippen LogP contribution in [-0.2, 0) is 6.42 Å². The third kappa shape index (κ3) is 2.72. The van der Waals surface area contributed by atoms with Crippen LogP contribution < -0.4 is 4.90 Å². The largest absolute Gasteiger partial charge is 0.366 e. The monoisotopic (exact) mass is 262 g/mol. The van der Waals surface area contributed by atoms with Crippen LogP contribution in [0.15, 0.2) is 18.2 Å². The summed E-state index contributed by atoms with van der Waals surface area (Å²) in [5, 5.41) is 10.9. The fourth-order valence-electron chi connectivity index (χ4n) is 3.12. The maximum Gasteiger partial charge on any atom is 0.269 e. The number of anilines is 1. The van der Waals surface area contributed by atoms with Gasteiger partial charge in [0.05, 0.1) is 4.92 Å². The third-order valence-electron chi connectivity index (χ3n) is 4.13. The highest BCUT2D eigenvalue weighted by Gasteiger charge is 2.26. The normalized spacial score (nSPS) is 23.4. The van der Waals surface area contributed by atoms with E-state index < -0.39 is 0 Å². The zero-order chi connectivity index (χ0) is 14.0. The second-order valence-electron chi connectivity index (χ2n) is 5.46. The van der Waals surface area contributed by atoms with Gasteiger partial charge in [-0.2, -0.15) is 0 Å². The van der Waals surface area contributed by atoms with Gasteiger partial charge in [-0.25, -0.2) is 0 Å². The highest BCUT2D eigenvalue weighted by molar-refractivity contribution is 5.59. The van der Waals surface area contributed by atoms with Gasteiger partial charge in [-0.15, -0.1) is 0 Å². The minimum absolute atomic E-state index is 0.193. The fourth-order valence-corrected chi connectivity index (χ4v) is 3.12. The molecule has 1 heterocycles. The SMILES string of the molecule is CCc1cc([N+](=O)[O-])ccc1N1C(C)CCCC1C. The second kappa shape index (κ2) is 5.59. The van der Waals surface area contributed by atoms with E-state index in [1.165, 1.54) is 24.9 Å². The fraction of sp³-hybridized carbons (Fsp3) is 0.600. The Morgan fingerprint density at radius 3 is 2.47 bits per heavy atom. The number of nitro groups is 1. The second-order valence-corrected chi connectivity index (χ2v) is 5.46. The molecule has 0 spiro atoms. The van der Waals surface area contributed by atoms with Crippen LogP contribution in [0.2, 0.25) is 0 Å². The summed E-state index contributed by atoms with van der Waals surface area (Å²) >= 11 is 0. The zero-order valence-electron chi connectivity index (χ0n) is 11.9. The molecular formula is C15H22N2O2. The van der Waals surface area contributed by atoms with Crippen molar-refractivity contribution in [2.45, 2.75) is 58.5 Å². The Labute approximate surface area is 114 Å². The number of non-ortho nitro benzene ring substituents is 1. The zero-order valence-corrected chi connectivity index (χ0v) is 11.9. The van der Waals surface area contributed by atoms with Gasteiger partial charge in [-0.1, -0.05) is 6.92 Å². The maximum atomic E-state index is 10.9. The van der Waals surface area contributed by atoms with Gasteiger partial charge < -0.3 is 4.90 Å². The molecule has 0 aliphatic carbocycles. The molecule has 0 bridgehead atoms. The van der Waals surface area contributed by atoms with Crippen LogP contribution >= 0.6 is 0 Å². The van der Waals surface area contributed by atoms with Crippen LogP contribution in [0.4, 0.5) is 11.4 Å². The van der Waals surface area contributed by atoms with Crippen LogP contribution in [0.25, 0.3) is 0 Å². The lowest BCUT2D eigenvalue weighted by molar-refractivity contribution is -0.384. The van der Waals surface area contributed by atoms with E-state index >= 15 is 0 Å². The van der Waals surface area contributed by atoms with Gasteiger partial charge >= 0.3 is 0 Å². The lowest BCUT2D eigenvalue weighted by atomic mass is 9.95. The first-order valence-electron chi connectivity index (χ1n) is 7.10. The maximum absolute atomic E-state index is 10.9. The molecule has 1 aromatic carbocycles. The molecule has 0 amide bonds. The lowest BCUT2D eigenvalue weighted by Crippen LogP contribution is -2.44. The van der Waals surface area contributed by atoms with Gasteiger partial charge in [0.1, 0.15) is 0 Å². The van der Waals surface area contributed by atoms with Gasteiger partial charge in [-0.05, 0) is 51.2 Å². The summed E-state index contributed by atoms with van der Waals surface area (Å²) in [6.45, 7) is 6.55. The highest BCUT2D eigenvalue weighted by atomic mass is 16.6. The number of aryl methyl sites for hydroxylation is 1. The van der Waals surface area contributed by atoms with E-state index in [9.17, 15) is 10.1 Å². The van der Waals surface area contributed by atoms with Crippen molar-refractivity contribution >= 4 is 11.4 Å². The van der Waals surface area contributed by atoms with E-state index in [1.54, 1.807) is 12.1 Å². The lowest BCUT2D eigenvalue weighted by Gasteiger charge is -2.42. The molecule has 1 aliphatic rings.